The van der Waals surface area contributed by atoms with Crippen LogP contribution in [0, 0.1) is 5.92 Å². The molecule has 1 fully saturated rings. The normalized spacial score (nSPS) is 20.5. The molecule has 1 aliphatic heterocycles. The monoisotopic (exact) mass is 376 g/mol. The van der Waals surface area contributed by atoms with Gasteiger partial charge in [0.1, 0.15) is 5.75 Å². The Morgan fingerprint density at radius 1 is 1.31 bits per heavy atom. The van der Waals surface area contributed by atoms with E-state index in [9.17, 15) is 27.9 Å². The average Bonchev–Trinajstić information content (AvgIpc) is 2.76. The minimum absolute atomic E-state index is 0.159. The number of cyclic esters (lactones) is 1. The number of aryl methyl sites for hydroxylation is 1. The summed E-state index contributed by atoms with van der Waals surface area (Å²) >= 11 is 0. The number of esters is 1. The van der Waals surface area contributed by atoms with Crippen LogP contribution in [0.25, 0.3) is 0 Å². The number of carbonyl (C=O) groups excluding carboxylic acids is 1. The standard InChI is InChI=1S/C17H19F3O6/c1-16(2)25-13(15(23)26-16)12(14(21)22)5-3-4-10-6-8-11(9-7-10)24-17(18,19)20/h6-9,12-13H,3-5H2,1-2H3,(H,21,22)/t12?,13-/m0/s1. The number of rotatable bonds is 7. The molecule has 1 aromatic carbocycles. The van der Waals surface area contributed by atoms with E-state index in [-0.39, 0.29) is 12.2 Å². The Hall–Kier alpha value is -2.29. The molecule has 6 nitrogen and oxygen atoms in total. The topological polar surface area (TPSA) is 82.1 Å². The van der Waals surface area contributed by atoms with Crippen molar-refractivity contribution in [3.05, 3.63) is 29.8 Å². The summed E-state index contributed by atoms with van der Waals surface area (Å²) in [5.41, 5.74) is 0.721. The van der Waals surface area contributed by atoms with Crippen molar-refractivity contribution in [1.82, 2.24) is 0 Å². The number of aliphatic carboxylic acids is 1. The number of benzene rings is 1. The zero-order valence-electron chi connectivity index (χ0n) is 14.2. The molecule has 2 rings (SSSR count). The van der Waals surface area contributed by atoms with Crippen molar-refractivity contribution in [2.75, 3.05) is 0 Å². The lowest BCUT2D eigenvalue weighted by Gasteiger charge is -2.19. The molecule has 1 aromatic rings. The van der Waals surface area contributed by atoms with Gasteiger partial charge in [0.15, 0.2) is 6.10 Å². The highest BCUT2D eigenvalue weighted by molar-refractivity contribution is 5.84. The molecule has 1 aliphatic rings. The predicted octanol–water partition coefficient (Wildman–Crippen LogP) is 3.29. The van der Waals surface area contributed by atoms with Crippen molar-refractivity contribution < 1.29 is 42.1 Å². The highest BCUT2D eigenvalue weighted by Crippen LogP contribution is 2.31. The first-order valence-corrected chi connectivity index (χ1v) is 7.95. The van der Waals surface area contributed by atoms with Gasteiger partial charge in [-0.25, -0.2) is 4.79 Å². The van der Waals surface area contributed by atoms with Gasteiger partial charge in [-0.3, -0.25) is 4.79 Å². The summed E-state index contributed by atoms with van der Waals surface area (Å²) in [6.45, 7) is 3.04. The Bertz CT molecular complexity index is 653. The smallest absolute Gasteiger partial charge is 0.481 e. The third-order valence-corrected chi connectivity index (χ3v) is 3.81. The minimum Gasteiger partial charge on any atom is -0.481 e. The van der Waals surface area contributed by atoms with Gasteiger partial charge in [-0.15, -0.1) is 13.2 Å². The van der Waals surface area contributed by atoms with Gasteiger partial charge in [-0.1, -0.05) is 12.1 Å². The number of hydrogen-bond acceptors (Lipinski definition) is 5. The van der Waals surface area contributed by atoms with Crippen LogP contribution in [-0.4, -0.2) is 35.3 Å². The van der Waals surface area contributed by atoms with Crippen LogP contribution in [-0.2, 0) is 25.5 Å². The highest BCUT2D eigenvalue weighted by Gasteiger charge is 2.47. The largest absolute Gasteiger partial charge is 0.573 e. The molecule has 1 heterocycles. The molecule has 144 valence electrons. The van der Waals surface area contributed by atoms with Crippen LogP contribution in [0.5, 0.6) is 5.75 Å². The van der Waals surface area contributed by atoms with E-state index < -0.39 is 36.1 Å². The van der Waals surface area contributed by atoms with E-state index >= 15 is 0 Å². The molecule has 0 saturated carbocycles. The maximum absolute atomic E-state index is 12.1. The fourth-order valence-corrected chi connectivity index (χ4v) is 2.71. The van der Waals surface area contributed by atoms with E-state index in [0.29, 0.717) is 12.8 Å². The average molecular weight is 376 g/mol. The summed E-state index contributed by atoms with van der Waals surface area (Å²) in [7, 11) is 0. The molecule has 2 atom stereocenters. The Labute approximate surface area is 147 Å². The van der Waals surface area contributed by atoms with Gasteiger partial charge >= 0.3 is 18.3 Å². The fraction of sp³-hybridized carbons (Fsp3) is 0.529. The lowest BCUT2D eigenvalue weighted by molar-refractivity contribution is -0.274. The Morgan fingerprint density at radius 2 is 1.92 bits per heavy atom. The zero-order chi connectivity index (χ0) is 19.5. The van der Waals surface area contributed by atoms with Crippen LogP contribution >= 0.6 is 0 Å². The molecule has 0 radical (unpaired) electrons. The molecule has 9 heteroatoms. The van der Waals surface area contributed by atoms with Crippen LogP contribution in [0.2, 0.25) is 0 Å². The van der Waals surface area contributed by atoms with Crippen LogP contribution in [0.15, 0.2) is 24.3 Å². The second kappa shape index (κ2) is 7.53. The highest BCUT2D eigenvalue weighted by atomic mass is 19.4. The second-order valence-corrected chi connectivity index (χ2v) is 6.39. The van der Waals surface area contributed by atoms with Crippen molar-refractivity contribution in [2.24, 2.45) is 5.92 Å². The summed E-state index contributed by atoms with van der Waals surface area (Å²) in [4.78, 5) is 23.3. The molecule has 26 heavy (non-hydrogen) atoms. The van der Waals surface area contributed by atoms with E-state index in [1.807, 2.05) is 0 Å². The first-order chi connectivity index (χ1) is 12.0. The van der Waals surface area contributed by atoms with Gasteiger partial charge in [0.25, 0.3) is 0 Å². The van der Waals surface area contributed by atoms with E-state index in [1.165, 1.54) is 38.1 Å². The third kappa shape index (κ3) is 5.62. The summed E-state index contributed by atoms with van der Waals surface area (Å²) in [5, 5.41) is 9.35. The molecule has 1 saturated heterocycles. The molecule has 1 unspecified atom stereocenters. The van der Waals surface area contributed by atoms with Gasteiger partial charge in [0.2, 0.25) is 5.79 Å². The predicted molar refractivity (Wildman–Crippen MR) is 82.2 cm³/mol. The molecule has 1 N–H and O–H groups in total. The van der Waals surface area contributed by atoms with Crippen LogP contribution in [0.1, 0.15) is 32.3 Å². The number of carboxylic acids is 1. The molecule has 0 aromatic heterocycles. The quantitative estimate of drug-likeness (QED) is 0.736. The third-order valence-electron chi connectivity index (χ3n) is 3.81. The number of alkyl halides is 3. The summed E-state index contributed by atoms with van der Waals surface area (Å²) in [6.07, 6.45) is -4.93. The van der Waals surface area contributed by atoms with E-state index in [1.54, 1.807) is 0 Å². The molecule has 0 spiro atoms. The van der Waals surface area contributed by atoms with Crippen molar-refractivity contribution in [1.29, 1.82) is 0 Å². The van der Waals surface area contributed by atoms with Crippen LogP contribution in [0.4, 0.5) is 13.2 Å². The molecular weight excluding hydrogens is 357 g/mol. The first-order valence-electron chi connectivity index (χ1n) is 7.95. The minimum atomic E-state index is -4.75. The SMILES string of the molecule is CC1(C)OC(=O)[C@H](C(CCCc2ccc(OC(F)(F)F)cc2)C(=O)O)O1. The molecule has 0 bridgehead atoms. The summed E-state index contributed by atoms with van der Waals surface area (Å²) in [6, 6.07) is 5.33. The van der Waals surface area contributed by atoms with Gasteiger partial charge in [-0.2, -0.15) is 0 Å². The van der Waals surface area contributed by atoms with Gasteiger partial charge in [0.05, 0.1) is 5.92 Å². The Morgan fingerprint density at radius 3 is 2.38 bits per heavy atom. The molecule has 0 amide bonds. The van der Waals surface area contributed by atoms with Crippen molar-refractivity contribution in [3.63, 3.8) is 0 Å². The van der Waals surface area contributed by atoms with E-state index in [2.05, 4.69) is 4.74 Å². The number of ether oxygens (including phenoxy) is 3. The summed E-state index contributed by atoms with van der Waals surface area (Å²) in [5.74, 6) is -4.43. The maximum Gasteiger partial charge on any atom is 0.573 e. The lowest BCUT2D eigenvalue weighted by atomic mass is 9.94. The number of halogens is 3. The maximum atomic E-state index is 12.1. The first kappa shape index (κ1) is 20.0. The van der Waals surface area contributed by atoms with Gasteiger partial charge < -0.3 is 19.3 Å². The van der Waals surface area contributed by atoms with E-state index in [4.69, 9.17) is 9.47 Å². The number of carboxylic acid groups (broad SMARTS) is 1. The van der Waals surface area contributed by atoms with Crippen molar-refractivity contribution in [2.45, 2.75) is 51.4 Å². The fourth-order valence-electron chi connectivity index (χ4n) is 2.71. The number of hydrogen-bond donors (Lipinski definition) is 1. The molecule has 0 aliphatic carbocycles. The lowest BCUT2D eigenvalue weighted by Crippen LogP contribution is -2.34. The molecular formula is C17H19F3O6. The van der Waals surface area contributed by atoms with Gasteiger partial charge in [0, 0.05) is 13.8 Å². The van der Waals surface area contributed by atoms with Crippen molar-refractivity contribution in [3.8, 4) is 5.75 Å². The second-order valence-electron chi connectivity index (χ2n) is 6.39. The Kier molecular flexibility index (Phi) is 5.80. The van der Waals surface area contributed by atoms with Crippen molar-refractivity contribution >= 4 is 11.9 Å². The zero-order valence-corrected chi connectivity index (χ0v) is 14.2. The van der Waals surface area contributed by atoms with Crippen LogP contribution in [0.3, 0.4) is 0 Å². The Balaban J connectivity index is 1.90. The van der Waals surface area contributed by atoms with E-state index in [0.717, 1.165) is 5.56 Å². The summed E-state index contributed by atoms with van der Waals surface area (Å²) < 4.78 is 50.5. The number of carbonyl (C=O) groups is 2. The van der Waals surface area contributed by atoms with Gasteiger partial charge in [-0.05, 0) is 37.0 Å². The van der Waals surface area contributed by atoms with Crippen LogP contribution < -0.4 is 4.74 Å².